The molecule has 2 aromatic rings. The van der Waals surface area contributed by atoms with Crippen molar-refractivity contribution in [3.63, 3.8) is 0 Å². The normalized spacial score (nSPS) is 19.3. The Morgan fingerprint density at radius 1 is 1.44 bits per heavy atom. The lowest BCUT2D eigenvalue weighted by Gasteiger charge is -2.32. The SMILES string of the molecule is CS(=O)(=O)N[C@@H]1CCCN(Cn2c(=O)oc3ccc([N+](=O)[O-])cc32)C1. The van der Waals surface area contributed by atoms with Crippen LogP contribution >= 0.6 is 0 Å². The molecular weight excluding hydrogens is 352 g/mol. The topological polar surface area (TPSA) is 128 Å². The molecule has 0 unspecified atom stereocenters. The fourth-order valence-corrected chi connectivity index (χ4v) is 3.88. The molecule has 1 aliphatic heterocycles. The van der Waals surface area contributed by atoms with Gasteiger partial charge in [0.15, 0.2) is 5.58 Å². The molecule has 11 heteroatoms. The smallest absolute Gasteiger partial charge is 0.408 e. The van der Waals surface area contributed by atoms with Crippen molar-refractivity contribution >= 4 is 26.8 Å². The van der Waals surface area contributed by atoms with Crippen LogP contribution in [0.4, 0.5) is 5.69 Å². The number of benzene rings is 1. The molecule has 10 nitrogen and oxygen atoms in total. The van der Waals surface area contributed by atoms with Crippen LogP contribution in [0.3, 0.4) is 0 Å². The highest BCUT2D eigenvalue weighted by Crippen LogP contribution is 2.21. The number of nitrogens with zero attached hydrogens (tertiary/aromatic N) is 3. The summed E-state index contributed by atoms with van der Waals surface area (Å²) in [5.41, 5.74) is 0.494. The van der Waals surface area contributed by atoms with Crippen LogP contribution in [0.5, 0.6) is 0 Å². The zero-order chi connectivity index (χ0) is 18.2. The first kappa shape index (κ1) is 17.6. The molecule has 25 heavy (non-hydrogen) atoms. The van der Waals surface area contributed by atoms with Gasteiger partial charge in [-0.3, -0.25) is 19.6 Å². The summed E-state index contributed by atoms with van der Waals surface area (Å²) in [6.07, 6.45) is 2.60. The minimum atomic E-state index is -3.31. The molecule has 1 aromatic heterocycles. The molecule has 0 amide bonds. The van der Waals surface area contributed by atoms with Crippen molar-refractivity contribution < 1.29 is 17.8 Å². The van der Waals surface area contributed by atoms with Crippen LogP contribution in [-0.2, 0) is 16.7 Å². The second kappa shape index (κ2) is 6.58. The lowest BCUT2D eigenvalue weighted by molar-refractivity contribution is -0.384. The summed E-state index contributed by atoms with van der Waals surface area (Å²) in [7, 11) is -3.31. The summed E-state index contributed by atoms with van der Waals surface area (Å²) in [4.78, 5) is 24.4. The van der Waals surface area contributed by atoms with E-state index in [0.29, 0.717) is 18.6 Å². The molecule has 136 valence electrons. The summed E-state index contributed by atoms with van der Waals surface area (Å²) in [5.74, 6) is -0.603. The van der Waals surface area contributed by atoms with E-state index in [2.05, 4.69) is 4.72 Å². The first-order valence-corrected chi connectivity index (χ1v) is 9.59. The number of nitrogens with one attached hydrogen (secondary N) is 1. The van der Waals surface area contributed by atoms with Gasteiger partial charge in [-0.05, 0) is 25.5 Å². The van der Waals surface area contributed by atoms with Crippen molar-refractivity contribution in [3.05, 3.63) is 38.9 Å². The second-order valence-corrected chi connectivity index (χ2v) is 7.93. The van der Waals surface area contributed by atoms with Gasteiger partial charge >= 0.3 is 5.76 Å². The van der Waals surface area contributed by atoms with E-state index in [1.54, 1.807) is 0 Å². The Morgan fingerprint density at radius 2 is 2.20 bits per heavy atom. The van der Waals surface area contributed by atoms with Crippen LogP contribution in [0.25, 0.3) is 11.1 Å². The van der Waals surface area contributed by atoms with E-state index in [9.17, 15) is 23.3 Å². The van der Waals surface area contributed by atoms with E-state index >= 15 is 0 Å². The maximum Gasteiger partial charge on any atom is 0.421 e. The molecule has 1 fully saturated rings. The van der Waals surface area contributed by atoms with Crippen molar-refractivity contribution in [1.82, 2.24) is 14.2 Å². The first-order chi connectivity index (χ1) is 11.7. The molecule has 1 atom stereocenters. The fourth-order valence-electron chi connectivity index (χ4n) is 3.08. The summed E-state index contributed by atoms with van der Waals surface area (Å²) >= 11 is 0. The predicted molar refractivity (Wildman–Crippen MR) is 89.7 cm³/mol. The quantitative estimate of drug-likeness (QED) is 0.598. The Balaban J connectivity index is 1.84. The van der Waals surface area contributed by atoms with Crippen LogP contribution in [0, 0.1) is 10.1 Å². The molecule has 0 radical (unpaired) electrons. The minimum Gasteiger partial charge on any atom is -0.408 e. The second-order valence-electron chi connectivity index (χ2n) is 6.15. The van der Waals surface area contributed by atoms with Crippen molar-refractivity contribution in [1.29, 1.82) is 0 Å². The molecule has 2 heterocycles. The van der Waals surface area contributed by atoms with Gasteiger partial charge in [0.05, 0.1) is 23.4 Å². The Labute approximate surface area is 143 Å². The van der Waals surface area contributed by atoms with E-state index in [-0.39, 0.29) is 24.0 Å². The number of nitro groups is 1. The average molecular weight is 370 g/mol. The Kier molecular flexibility index (Phi) is 4.62. The van der Waals surface area contributed by atoms with Gasteiger partial charge in [-0.2, -0.15) is 0 Å². The number of sulfonamides is 1. The molecule has 1 aromatic carbocycles. The third kappa shape index (κ3) is 4.06. The minimum absolute atomic E-state index is 0.127. The van der Waals surface area contributed by atoms with E-state index < -0.39 is 20.7 Å². The molecule has 1 saturated heterocycles. The molecule has 0 bridgehead atoms. The van der Waals surface area contributed by atoms with Crippen LogP contribution in [0.15, 0.2) is 27.4 Å². The average Bonchev–Trinajstić information content (AvgIpc) is 2.81. The van der Waals surface area contributed by atoms with Gasteiger partial charge in [-0.25, -0.2) is 17.9 Å². The molecular formula is C14H18N4O6S. The molecule has 3 rings (SSSR count). The lowest BCUT2D eigenvalue weighted by Crippen LogP contribution is -2.48. The fraction of sp³-hybridized carbons (Fsp3) is 0.500. The van der Waals surface area contributed by atoms with Gasteiger partial charge in [0.2, 0.25) is 10.0 Å². The molecule has 1 aliphatic rings. The largest absolute Gasteiger partial charge is 0.421 e. The molecule has 0 saturated carbocycles. The third-order valence-corrected chi connectivity index (χ3v) is 4.85. The van der Waals surface area contributed by atoms with Gasteiger partial charge in [0.25, 0.3) is 5.69 Å². The number of piperidine rings is 1. The number of fused-ring (bicyclic) bond motifs is 1. The van der Waals surface area contributed by atoms with E-state index in [1.165, 1.54) is 22.8 Å². The molecule has 0 spiro atoms. The van der Waals surface area contributed by atoms with Crippen LogP contribution in [0.1, 0.15) is 12.8 Å². The number of rotatable bonds is 5. The van der Waals surface area contributed by atoms with Gasteiger partial charge in [0.1, 0.15) is 0 Å². The number of hydrogen-bond acceptors (Lipinski definition) is 7. The van der Waals surface area contributed by atoms with Gasteiger partial charge < -0.3 is 4.42 Å². The highest BCUT2D eigenvalue weighted by Gasteiger charge is 2.24. The van der Waals surface area contributed by atoms with E-state index in [4.69, 9.17) is 4.42 Å². The van der Waals surface area contributed by atoms with Crippen molar-refractivity contribution in [2.75, 3.05) is 19.3 Å². The van der Waals surface area contributed by atoms with Gasteiger partial charge in [0, 0.05) is 24.7 Å². The highest BCUT2D eigenvalue weighted by atomic mass is 32.2. The van der Waals surface area contributed by atoms with E-state index in [1.807, 2.05) is 4.90 Å². The summed E-state index contributed by atoms with van der Waals surface area (Å²) in [6, 6.07) is 3.75. The van der Waals surface area contributed by atoms with E-state index in [0.717, 1.165) is 19.1 Å². The number of nitro benzene ring substituents is 1. The summed E-state index contributed by atoms with van der Waals surface area (Å²) in [6.45, 7) is 1.31. The Morgan fingerprint density at radius 3 is 2.88 bits per heavy atom. The maximum atomic E-state index is 12.1. The summed E-state index contributed by atoms with van der Waals surface area (Å²) < 4.78 is 31.8. The van der Waals surface area contributed by atoms with Crippen LogP contribution < -0.4 is 10.5 Å². The number of likely N-dealkylation sites (tertiary alicyclic amines) is 1. The number of aromatic nitrogens is 1. The number of oxazole rings is 1. The molecule has 0 aliphatic carbocycles. The van der Waals surface area contributed by atoms with Crippen LogP contribution in [0.2, 0.25) is 0 Å². The van der Waals surface area contributed by atoms with Crippen molar-refractivity contribution in [2.24, 2.45) is 0 Å². The summed E-state index contributed by atoms with van der Waals surface area (Å²) in [5, 5.41) is 10.9. The Bertz CT molecular complexity index is 963. The van der Waals surface area contributed by atoms with Crippen molar-refractivity contribution in [2.45, 2.75) is 25.6 Å². The monoisotopic (exact) mass is 370 g/mol. The lowest BCUT2D eigenvalue weighted by atomic mass is 10.1. The molecule has 1 N–H and O–H groups in total. The van der Waals surface area contributed by atoms with Crippen molar-refractivity contribution in [3.8, 4) is 0 Å². The maximum absolute atomic E-state index is 12.1. The Hall–Kier alpha value is -2.24. The predicted octanol–water partition coefficient (Wildman–Crippen LogP) is 0.474. The zero-order valence-electron chi connectivity index (χ0n) is 13.5. The standard InChI is InChI=1S/C14H18N4O6S/c1-25(22,23)15-10-3-2-6-16(8-10)9-17-12-7-11(18(20)21)4-5-13(12)24-14(17)19/h4-5,7,10,15H,2-3,6,8-9H2,1H3/t10-/m1/s1. The highest BCUT2D eigenvalue weighted by molar-refractivity contribution is 7.88. The van der Waals surface area contributed by atoms with Gasteiger partial charge in [-0.1, -0.05) is 0 Å². The first-order valence-electron chi connectivity index (χ1n) is 7.70. The zero-order valence-corrected chi connectivity index (χ0v) is 14.4. The van der Waals surface area contributed by atoms with Crippen LogP contribution in [-0.4, -0.2) is 48.2 Å². The van der Waals surface area contributed by atoms with Gasteiger partial charge in [-0.15, -0.1) is 0 Å². The number of hydrogen-bond donors (Lipinski definition) is 1. The number of non-ortho nitro benzene ring substituents is 1. The third-order valence-electron chi connectivity index (χ3n) is 4.09.